The second-order valence-electron chi connectivity index (χ2n) is 5.04. The van der Waals surface area contributed by atoms with Crippen molar-refractivity contribution >= 4 is 5.82 Å². The summed E-state index contributed by atoms with van der Waals surface area (Å²) in [5.74, 6) is 0.958. The molecule has 1 saturated heterocycles. The van der Waals surface area contributed by atoms with E-state index in [1.165, 1.54) is 0 Å². The number of aromatic nitrogens is 3. The lowest BCUT2D eigenvalue weighted by molar-refractivity contribution is 0.440. The summed E-state index contributed by atoms with van der Waals surface area (Å²) in [5, 5.41) is 12.0. The molecule has 0 bridgehead atoms. The normalized spacial score (nSPS) is 16.4. The van der Waals surface area contributed by atoms with Crippen molar-refractivity contribution in [1.29, 1.82) is 0 Å². The van der Waals surface area contributed by atoms with Gasteiger partial charge in [-0.1, -0.05) is 6.07 Å². The molecule has 0 radical (unpaired) electrons. The van der Waals surface area contributed by atoms with Crippen molar-refractivity contribution in [3.8, 4) is 11.4 Å². The number of piperidine rings is 1. The van der Waals surface area contributed by atoms with Gasteiger partial charge in [0.05, 0.1) is 5.69 Å². The first kappa shape index (κ1) is 13.0. The van der Waals surface area contributed by atoms with Gasteiger partial charge in [0.25, 0.3) is 0 Å². The Balaban J connectivity index is 1.71. The van der Waals surface area contributed by atoms with Crippen LogP contribution in [0.1, 0.15) is 12.8 Å². The molecule has 0 aromatic carbocycles. The van der Waals surface area contributed by atoms with Crippen molar-refractivity contribution in [3.05, 3.63) is 36.5 Å². The Morgan fingerprint density at radius 3 is 2.50 bits per heavy atom. The molecule has 20 heavy (non-hydrogen) atoms. The van der Waals surface area contributed by atoms with Crippen LogP contribution < -0.4 is 10.2 Å². The molecule has 0 unspecified atom stereocenters. The van der Waals surface area contributed by atoms with E-state index in [-0.39, 0.29) is 0 Å². The van der Waals surface area contributed by atoms with E-state index >= 15 is 0 Å². The molecule has 5 nitrogen and oxygen atoms in total. The Labute approximate surface area is 119 Å². The highest BCUT2D eigenvalue weighted by molar-refractivity contribution is 5.54. The Morgan fingerprint density at radius 1 is 1.05 bits per heavy atom. The Bertz CT molecular complexity index is 532. The van der Waals surface area contributed by atoms with E-state index in [0.717, 1.165) is 43.1 Å². The van der Waals surface area contributed by atoms with Gasteiger partial charge in [0.15, 0.2) is 5.82 Å². The van der Waals surface area contributed by atoms with Crippen LogP contribution in [0.4, 0.5) is 5.82 Å². The van der Waals surface area contributed by atoms with Crippen LogP contribution in [0, 0.1) is 0 Å². The third-order valence-electron chi connectivity index (χ3n) is 3.80. The Morgan fingerprint density at radius 2 is 1.90 bits per heavy atom. The molecule has 1 fully saturated rings. The topological polar surface area (TPSA) is 53.9 Å². The van der Waals surface area contributed by atoms with Crippen LogP contribution in [0.15, 0.2) is 36.5 Å². The highest BCUT2D eigenvalue weighted by Crippen LogP contribution is 2.19. The summed E-state index contributed by atoms with van der Waals surface area (Å²) in [7, 11) is 2.03. The molecule has 3 heterocycles. The lowest BCUT2D eigenvalue weighted by atomic mass is 10.1. The SMILES string of the molecule is CNC1CCN(c2ccc(-c3ccccn3)nn2)CC1. The van der Waals surface area contributed by atoms with Gasteiger partial charge in [-0.05, 0) is 44.2 Å². The van der Waals surface area contributed by atoms with Crippen LogP contribution in [-0.4, -0.2) is 41.4 Å². The van der Waals surface area contributed by atoms with Gasteiger partial charge >= 0.3 is 0 Å². The average Bonchev–Trinajstić information content (AvgIpc) is 2.56. The molecule has 0 saturated carbocycles. The maximum absolute atomic E-state index is 4.35. The van der Waals surface area contributed by atoms with Crippen LogP contribution in [0.2, 0.25) is 0 Å². The molecule has 5 heteroatoms. The van der Waals surface area contributed by atoms with Gasteiger partial charge in [0.2, 0.25) is 0 Å². The Hall–Kier alpha value is -2.01. The number of nitrogens with one attached hydrogen (secondary N) is 1. The fraction of sp³-hybridized carbons (Fsp3) is 0.400. The molecule has 2 aromatic rings. The zero-order valence-corrected chi connectivity index (χ0v) is 11.7. The van der Waals surface area contributed by atoms with Crippen LogP contribution in [-0.2, 0) is 0 Å². The molecule has 1 N–H and O–H groups in total. The minimum Gasteiger partial charge on any atom is -0.355 e. The van der Waals surface area contributed by atoms with E-state index < -0.39 is 0 Å². The van der Waals surface area contributed by atoms with Crippen molar-refractivity contribution < 1.29 is 0 Å². The molecule has 1 aliphatic rings. The summed E-state index contributed by atoms with van der Waals surface area (Å²) in [6, 6.07) is 10.5. The lowest BCUT2D eigenvalue weighted by Crippen LogP contribution is -2.41. The largest absolute Gasteiger partial charge is 0.355 e. The molecule has 2 aromatic heterocycles. The van der Waals surface area contributed by atoms with Crippen LogP contribution >= 0.6 is 0 Å². The zero-order chi connectivity index (χ0) is 13.8. The third-order valence-corrected chi connectivity index (χ3v) is 3.80. The number of rotatable bonds is 3. The molecular weight excluding hydrogens is 250 g/mol. The maximum Gasteiger partial charge on any atom is 0.151 e. The molecule has 0 spiro atoms. The molecule has 104 valence electrons. The fourth-order valence-corrected chi connectivity index (χ4v) is 2.54. The molecule has 1 aliphatic heterocycles. The summed E-state index contributed by atoms with van der Waals surface area (Å²) in [6.07, 6.45) is 4.08. The third kappa shape index (κ3) is 2.77. The van der Waals surface area contributed by atoms with E-state index in [1.54, 1.807) is 6.20 Å². The molecule has 0 amide bonds. The quantitative estimate of drug-likeness (QED) is 0.919. The summed E-state index contributed by atoms with van der Waals surface area (Å²) in [6.45, 7) is 2.06. The number of hydrogen-bond donors (Lipinski definition) is 1. The van der Waals surface area contributed by atoms with Crippen molar-refractivity contribution in [3.63, 3.8) is 0 Å². The monoisotopic (exact) mass is 269 g/mol. The van der Waals surface area contributed by atoms with E-state index in [0.29, 0.717) is 6.04 Å². The van der Waals surface area contributed by atoms with Gasteiger partial charge in [-0.2, -0.15) is 0 Å². The average molecular weight is 269 g/mol. The zero-order valence-electron chi connectivity index (χ0n) is 11.7. The number of anilines is 1. The summed E-state index contributed by atoms with van der Waals surface area (Å²) in [4.78, 5) is 6.58. The van der Waals surface area contributed by atoms with Crippen molar-refractivity contribution in [2.75, 3.05) is 25.0 Å². The van der Waals surface area contributed by atoms with Crippen LogP contribution in [0.3, 0.4) is 0 Å². The van der Waals surface area contributed by atoms with Gasteiger partial charge < -0.3 is 10.2 Å². The smallest absolute Gasteiger partial charge is 0.151 e. The summed E-state index contributed by atoms with van der Waals surface area (Å²) in [5.41, 5.74) is 1.68. The molecule has 3 rings (SSSR count). The molecular formula is C15H19N5. The summed E-state index contributed by atoms with van der Waals surface area (Å²) >= 11 is 0. The Kier molecular flexibility index (Phi) is 3.87. The standard InChI is InChI=1S/C15H19N5/c1-16-12-7-10-20(11-8-12)15-6-5-14(18-19-15)13-4-2-3-9-17-13/h2-6,9,12,16H,7-8,10-11H2,1H3. The maximum atomic E-state index is 4.35. The van der Waals surface area contributed by atoms with E-state index in [9.17, 15) is 0 Å². The fourth-order valence-electron chi connectivity index (χ4n) is 2.54. The second-order valence-corrected chi connectivity index (χ2v) is 5.04. The van der Waals surface area contributed by atoms with Crippen molar-refractivity contribution in [2.45, 2.75) is 18.9 Å². The highest BCUT2D eigenvalue weighted by Gasteiger charge is 2.19. The summed E-state index contributed by atoms with van der Waals surface area (Å²) < 4.78 is 0. The van der Waals surface area contributed by atoms with Gasteiger partial charge in [0.1, 0.15) is 5.69 Å². The first-order chi connectivity index (χ1) is 9.86. The van der Waals surface area contributed by atoms with E-state index in [2.05, 4.69) is 25.4 Å². The number of hydrogen-bond acceptors (Lipinski definition) is 5. The van der Waals surface area contributed by atoms with Gasteiger partial charge in [-0.25, -0.2) is 0 Å². The highest BCUT2D eigenvalue weighted by atomic mass is 15.3. The lowest BCUT2D eigenvalue weighted by Gasteiger charge is -2.32. The number of pyridine rings is 1. The first-order valence-electron chi connectivity index (χ1n) is 7.04. The van der Waals surface area contributed by atoms with Crippen molar-refractivity contribution in [2.24, 2.45) is 0 Å². The van der Waals surface area contributed by atoms with Gasteiger partial charge in [-0.15, -0.1) is 10.2 Å². The van der Waals surface area contributed by atoms with E-state index in [1.807, 2.05) is 37.4 Å². The second kappa shape index (κ2) is 5.96. The van der Waals surface area contributed by atoms with Crippen LogP contribution in [0.25, 0.3) is 11.4 Å². The van der Waals surface area contributed by atoms with Gasteiger partial charge in [0, 0.05) is 25.3 Å². The van der Waals surface area contributed by atoms with Crippen molar-refractivity contribution in [1.82, 2.24) is 20.5 Å². The first-order valence-corrected chi connectivity index (χ1v) is 7.04. The molecule has 0 atom stereocenters. The van der Waals surface area contributed by atoms with Crippen LogP contribution in [0.5, 0.6) is 0 Å². The number of nitrogens with zero attached hydrogens (tertiary/aromatic N) is 4. The minimum atomic E-state index is 0.631. The predicted molar refractivity (Wildman–Crippen MR) is 79.6 cm³/mol. The molecule has 0 aliphatic carbocycles. The predicted octanol–water partition coefficient (Wildman–Crippen LogP) is 1.73. The van der Waals surface area contributed by atoms with E-state index in [4.69, 9.17) is 0 Å². The van der Waals surface area contributed by atoms with Gasteiger partial charge in [-0.3, -0.25) is 4.98 Å². The minimum absolute atomic E-state index is 0.631.